The van der Waals surface area contributed by atoms with E-state index in [4.69, 9.17) is 11.7 Å². The third-order valence-electron chi connectivity index (χ3n) is 3.07. The van der Waals surface area contributed by atoms with Gasteiger partial charge in [0.15, 0.2) is 0 Å². The molecule has 0 aliphatic carbocycles. The smallest absolute Gasteiger partial charge is 0.238 e. The molecule has 5 heteroatoms. The van der Waals surface area contributed by atoms with Crippen molar-refractivity contribution in [2.45, 2.75) is 31.3 Å². The third kappa shape index (κ3) is 3.73. The second kappa shape index (κ2) is 7.71. The van der Waals surface area contributed by atoms with E-state index in [1.54, 1.807) is 4.90 Å². The summed E-state index contributed by atoms with van der Waals surface area (Å²) >= 11 is 0. The number of hydrogen-bond acceptors (Lipinski definition) is 4. The Labute approximate surface area is 109 Å². The second-order valence-corrected chi connectivity index (χ2v) is 4.34. The Morgan fingerprint density at radius 2 is 2.17 bits per heavy atom. The van der Waals surface area contributed by atoms with Crippen molar-refractivity contribution in [1.29, 1.82) is 5.26 Å². The molecule has 0 bridgehead atoms. The molecule has 2 N–H and O–H groups in total. The topological polar surface area (TPSA) is 68.2 Å². The molecule has 1 amide bonds. The average molecular weight is 248 g/mol. The van der Waals surface area contributed by atoms with Gasteiger partial charge < -0.3 is 15.5 Å². The van der Waals surface area contributed by atoms with Crippen LogP contribution in [0, 0.1) is 23.7 Å². The van der Waals surface area contributed by atoms with Gasteiger partial charge in [0.05, 0.1) is 18.7 Å². The minimum Gasteiger partial charge on any atom is -0.320 e. The Hall–Kier alpha value is -1.56. The number of nitriles is 1. The first-order chi connectivity index (χ1) is 8.74. The molecular weight excluding hydrogens is 228 g/mol. The number of nitrogens with one attached hydrogen (secondary N) is 2. The van der Waals surface area contributed by atoms with E-state index < -0.39 is 0 Å². The predicted octanol–water partition coefficient (Wildman–Crippen LogP) is -0.298. The molecule has 1 aliphatic rings. The molecular formula is C13H20N4O. The van der Waals surface area contributed by atoms with Crippen molar-refractivity contribution >= 4 is 5.91 Å². The molecule has 98 valence electrons. The Bertz CT molecular complexity index is 333. The van der Waals surface area contributed by atoms with E-state index >= 15 is 0 Å². The van der Waals surface area contributed by atoms with Crippen molar-refractivity contribution < 1.29 is 4.79 Å². The molecule has 0 radical (unpaired) electrons. The molecule has 0 aromatic rings. The van der Waals surface area contributed by atoms with Crippen molar-refractivity contribution in [3.05, 3.63) is 0 Å². The lowest BCUT2D eigenvalue weighted by Gasteiger charge is -2.24. The zero-order valence-electron chi connectivity index (χ0n) is 10.8. The number of terminal acetylenes is 1. The van der Waals surface area contributed by atoms with Crippen LogP contribution in [0.25, 0.3) is 0 Å². The number of likely N-dealkylation sites (tertiary alicyclic amines) is 1. The Morgan fingerprint density at radius 3 is 2.78 bits per heavy atom. The number of carbonyl (C=O) groups is 1. The lowest BCUT2D eigenvalue weighted by molar-refractivity contribution is -0.131. The van der Waals surface area contributed by atoms with Crippen LogP contribution in [0.1, 0.15) is 19.3 Å². The van der Waals surface area contributed by atoms with Gasteiger partial charge in [-0.15, -0.1) is 6.42 Å². The van der Waals surface area contributed by atoms with E-state index in [1.165, 1.54) is 0 Å². The van der Waals surface area contributed by atoms with Crippen LogP contribution >= 0.6 is 0 Å². The Balaban J connectivity index is 2.39. The first-order valence-corrected chi connectivity index (χ1v) is 6.26. The van der Waals surface area contributed by atoms with Gasteiger partial charge in [-0.1, -0.05) is 5.92 Å². The first-order valence-electron chi connectivity index (χ1n) is 6.26. The van der Waals surface area contributed by atoms with Gasteiger partial charge in [-0.25, -0.2) is 0 Å². The minimum absolute atomic E-state index is 0.0774. The van der Waals surface area contributed by atoms with Crippen molar-refractivity contribution in [2.24, 2.45) is 0 Å². The standard InChI is InChI=1S/C13H20N4O/c1-3-11-5-6-12(9-14)17(11)13(18)10-16-8-4-7-15-2/h1,11-12,15-16H,4-8,10H2,2H3/t11-,12-/m0/s1. The minimum atomic E-state index is -0.363. The summed E-state index contributed by atoms with van der Waals surface area (Å²) < 4.78 is 0. The highest BCUT2D eigenvalue weighted by Gasteiger charge is 2.35. The van der Waals surface area contributed by atoms with Crippen LogP contribution in [0.2, 0.25) is 0 Å². The molecule has 1 saturated heterocycles. The van der Waals surface area contributed by atoms with Gasteiger partial charge in [-0.3, -0.25) is 4.79 Å². The molecule has 0 aromatic heterocycles. The van der Waals surface area contributed by atoms with Gasteiger partial charge in [0.25, 0.3) is 0 Å². The second-order valence-electron chi connectivity index (χ2n) is 4.34. The van der Waals surface area contributed by atoms with E-state index in [-0.39, 0.29) is 24.5 Å². The number of hydrogen-bond donors (Lipinski definition) is 2. The maximum Gasteiger partial charge on any atom is 0.238 e. The molecule has 1 fully saturated rings. The lowest BCUT2D eigenvalue weighted by Crippen LogP contribution is -2.44. The number of carbonyl (C=O) groups excluding carboxylic acids is 1. The van der Waals surface area contributed by atoms with Crippen molar-refractivity contribution in [1.82, 2.24) is 15.5 Å². The maximum atomic E-state index is 12.0. The van der Waals surface area contributed by atoms with Crippen LogP contribution in [0.4, 0.5) is 0 Å². The Kier molecular flexibility index (Phi) is 6.21. The van der Waals surface area contributed by atoms with E-state index in [2.05, 4.69) is 22.6 Å². The van der Waals surface area contributed by atoms with Gasteiger partial charge in [0, 0.05) is 0 Å². The number of nitrogens with zero attached hydrogens (tertiary/aromatic N) is 2. The van der Waals surface area contributed by atoms with Gasteiger partial charge >= 0.3 is 0 Å². The molecule has 0 aromatic carbocycles. The van der Waals surface area contributed by atoms with Crippen LogP contribution < -0.4 is 10.6 Å². The highest BCUT2D eigenvalue weighted by Crippen LogP contribution is 2.23. The van der Waals surface area contributed by atoms with Crippen LogP contribution in [0.15, 0.2) is 0 Å². The van der Waals surface area contributed by atoms with Crippen LogP contribution in [0.3, 0.4) is 0 Å². The van der Waals surface area contributed by atoms with Crippen LogP contribution in [-0.2, 0) is 4.79 Å². The zero-order valence-corrected chi connectivity index (χ0v) is 10.8. The third-order valence-corrected chi connectivity index (χ3v) is 3.07. The predicted molar refractivity (Wildman–Crippen MR) is 69.5 cm³/mol. The largest absolute Gasteiger partial charge is 0.320 e. The first kappa shape index (κ1) is 14.5. The summed E-state index contributed by atoms with van der Waals surface area (Å²) in [6.07, 6.45) is 7.75. The molecule has 1 rings (SSSR count). The fraction of sp³-hybridized carbons (Fsp3) is 0.692. The molecule has 1 aliphatic heterocycles. The molecule has 0 saturated carbocycles. The summed E-state index contributed by atoms with van der Waals surface area (Å²) in [7, 11) is 1.89. The molecule has 1 heterocycles. The summed E-state index contributed by atoms with van der Waals surface area (Å²) in [6, 6.07) is 1.56. The van der Waals surface area contributed by atoms with E-state index in [1.807, 2.05) is 7.05 Å². The lowest BCUT2D eigenvalue weighted by atomic mass is 10.2. The summed E-state index contributed by atoms with van der Waals surface area (Å²) in [6.45, 7) is 1.94. The fourth-order valence-electron chi connectivity index (χ4n) is 2.13. The molecule has 0 unspecified atom stereocenters. The van der Waals surface area contributed by atoms with E-state index in [0.29, 0.717) is 6.42 Å². The SMILES string of the molecule is C#C[C@H]1CC[C@@H](C#N)N1C(=O)CNCCCNC. The van der Waals surface area contributed by atoms with Gasteiger partial charge in [-0.05, 0) is 39.4 Å². The summed E-state index contributed by atoms with van der Waals surface area (Å²) in [5, 5.41) is 15.1. The molecule has 5 nitrogen and oxygen atoms in total. The van der Waals surface area contributed by atoms with Gasteiger partial charge in [-0.2, -0.15) is 5.26 Å². The van der Waals surface area contributed by atoms with Gasteiger partial charge in [0.2, 0.25) is 5.91 Å². The highest BCUT2D eigenvalue weighted by molar-refractivity contribution is 5.80. The van der Waals surface area contributed by atoms with Crippen molar-refractivity contribution in [3.8, 4) is 18.4 Å². The van der Waals surface area contributed by atoms with Crippen molar-refractivity contribution in [2.75, 3.05) is 26.7 Å². The molecule has 18 heavy (non-hydrogen) atoms. The fourth-order valence-corrected chi connectivity index (χ4v) is 2.13. The quantitative estimate of drug-likeness (QED) is 0.500. The van der Waals surface area contributed by atoms with E-state index in [9.17, 15) is 4.79 Å². The Morgan fingerprint density at radius 1 is 1.44 bits per heavy atom. The zero-order chi connectivity index (χ0) is 13.4. The van der Waals surface area contributed by atoms with Crippen LogP contribution in [0.5, 0.6) is 0 Å². The van der Waals surface area contributed by atoms with Crippen LogP contribution in [-0.4, -0.2) is 49.6 Å². The van der Waals surface area contributed by atoms with E-state index in [0.717, 1.165) is 25.9 Å². The highest BCUT2D eigenvalue weighted by atomic mass is 16.2. The monoisotopic (exact) mass is 248 g/mol. The van der Waals surface area contributed by atoms with Crippen molar-refractivity contribution in [3.63, 3.8) is 0 Å². The maximum absolute atomic E-state index is 12.0. The normalized spacial score (nSPS) is 22.5. The number of rotatable bonds is 6. The summed E-state index contributed by atoms with van der Waals surface area (Å²) in [4.78, 5) is 13.6. The molecule has 2 atom stereocenters. The number of amides is 1. The average Bonchev–Trinajstić information content (AvgIpc) is 2.81. The molecule has 0 spiro atoms. The summed E-state index contributed by atoms with van der Waals surface area (Å²) in [5.74, 6) is 2.51. The van der Waals surface area contributed by atoms with Gasteiger partial charge in [0.1, 0.15) is 6.04 Å². The summed E-state index contributed by atoms with van der Waals surface area (Å²) in [5.41, 5.74) is 0.